The number of anilines is 1. The number of hydrogen-bond acceptors (Lipinski definition) is 6. The number of nitrogens with one attached hydrogen (secondary N) is 1. The topological polar surface area (TPSA) is 107 Å². The zero-order valence-electron chi connectivity index (χ0n) is 10.0. The summed E-state index contributed by atoms with van der Waals surface area (Å²) in [4.78, 5) is 19.6. The molecule has 2 aromatic rings. The number of hydrogen-bond donors (Lipinski definition) is 3. The van der Waals surface area contributed by atoms with E-state index in [0.29, 0.717) is 16.7 Å². The number of benzene rings is 1. The van der Waals surface area contributed by atoms with Crippen molar-refractivity contribution in [2.75, 3.05) is 11.5 Å². The number of nitrogens with zero attached hydrogens (tertiary/aromatic N) is 2. The highest BCUT2D eigenvalue weighted by atomic mass is 32.2. The predicted molar refractivity (Wildman–Crippen MR) is 74.9 cm³/mol. The van der Waals surface area contributed by atoms with Crippen molar-refractivity contribution in [3.63, 3.8) is 0 Å². The highest BCUT2D eigenvalue weighted by molar-refractivity contribution is 7.99. The summed E-state index contributed by atoms with van der Waals surface area (Å²) in [6.45, 7) is 0. The third kappa shape index (κ3) is 3.67. The lowest BCUT2D eigenvalue weighted by atomic mass is 10.2. The van der Waals surface area contributed by atoms with Crippen LogP contribution in [0.25, 0.3) is 11.4 Å². The minimum absolute atomic E-state index is 0.182. The molecule has 0 spiro atoms. The van der Waals surface area contributed by atoms with Crippen LogP contribution in [-0.4, -0.2) is 21.6 Å². The number of carbonyl (C=O) groups excluding carboxylic acids is 1. The Hall–Kier alpha value is -2.12. The van der Waals surface area contributed by atoms with E-state index in [4.69, 9.17) is 11.6 Å². The van der Waals surface area contributed by atoms with Gasteiger partial charge >= 0.3 is 0 Å². The van der Waals surface area contributed by atoms with Crippen LogP contribution in [0.2, 0.25) is 0 Å². The first-order valence-corrected chi connectivity index (χ1v) is 6.50. The van der Waals surface area contributed by atoms with Crippen molar-refractivity contribution in [1.82, 2.24) is 15.4 Å². The van der Waals surface area contributed by atoms with Gasteiger partial charge in [-0.3, -0.25) is 10.2 Å². The zero-order valence-corrected chi connectivity index (χ0v) is 10.9. The van der Waals surface area contributed by atoms with E-state index in [2.05, 4.69) is 15.4 Å². The number of amides is 1. The first kappa shape index (κ1) is 13.3. The van der Waals surface area contributed by atoms with Crippen LogP contribution in [0.3, 0.4) is 0 Å². The molecule has 0 aliphatic heterocycles. The summed E-state index contributed by atoms with van der Waals surface area (Å²) in [5.74, 6) is 5.83. The van der Waals surface area contributed by atoms with Crippen LogP contribution in [0.1, 0.15) is 0 Å². The Labute approximate surface area is 114 Å². The molecule has 0 saturated heterocycles. The van der Waals surface area contributed by atoms with Crippen LogP contribution in [0.15, 0.2) is 41.4 Å². The minimum atomic E-state index is -0.275. The number of nitrogen functional groups attached to an aromatic ring is 1. The molecule has 0 saturated carbocycles. The first-order chi connectivity index (χ1) is 9.19. The van der Waals surface area contributed by atoms with Crippen LogP contribution in [0.4, 0.5) is 5.82 Å². The van der Waals surface area contributed by atoms with Gasteiger partial charge in [-0.25, -0.2) is 15.8 Å². The molecule has 1 aromatic carbocycles. The van der Waals surface area contributed by atoms with Gasteiger partial charge in [-0.15, -0.1) is 0 Å². The molecule has 1 heterocycles. The maximum atomic E-state index is 11.1. The number of hydrazine groups is 1. The fraction of sp³-hybridized carbons (Fsp3) is 0.0833. The van der Waals surface area contributed by atoms with E-state index in [1.807, 2.05) is 30.3 Å². The van der Waals surface area contributed by atoms with Gasteiger partial charge in [-0.1, -0.05) is 42.1 Å². The summed E-state index contributed by atoms with van der Waals surface area (Å²) in [5, 5.41) is 0.634. The lowest BCUT2D eigenvalue weighted by Crippen LogP contribution is -2.31. The van der Waals surface area contributed by atoms with E-state index in [1.54, 1.807) is 6.07 Å². The van der Waals surface area contributed by atoms with Gasteiger partial charge in [-0.05, 0) is 0 Å². The largest absolute Gasteiger partial charge is 0.384 e. The Morgan fingerprint density at radius 2 is 2.00 bits per heavy atom. The van der Waals surface area contributed by atoms with Crippen molar-refractivity contribution in [3.05, 3.63) is 36.4 Å². The fourth-order valence-corrected chi connectivity index (χ4v) is 2.13. The third-order valence-electron chi connectivity index (χ3n) is 2.27. The van der Waals surface area contributed by atoms with Gasteiger partial charge in [0.15, 0.2) is 5.82 Å². The monoisotopic (exact) mass is 275 g/mol. The average molecular weight is 275 g/mol. The van der Waals surface area contributed by atoms with Gasteiger partial charge in [0.1, 0.15) is 10.8 Å². The van der Waals surface area contributed by atoms with Gasteiger partial charge in [0.25, 0.3) is 0 Å². The van der Waals surface area contributed by atoms with Crippen molar-refractivity contribution in [2.45, 2.75) is 5.03 Å². The van der Waals surface area contributed by atoms with Crippen molar-refractivity contribution >= 4 is 23.5 Å². The molecule has 0 aliphatic carbocycles. The second kappa shape index (κ2) is 6.17. The predicted octanol–water partition coefficient (Wildman–Crippen LogP) is 0.808. The molecule has 0 atom stereocenters. The molecular formula is C12H13N5OS. The van der Waals surface area contributed by atoms with Crippen molar-refractivity contribution in [2.24, 2.45) is 5.84 Å². The van der Waals surface area contributed by atoms with Crippen LogP contribution in [0, 0.1) is 0 Å². The Morgan fingerprint density at radius 1 is 1.26 bits per heavy atom. The molecule has 1 amide bonds. The van der Waals surface area contributed by atoms with Gasteiger partial charge in [0, 0.05) is 11.6 Å². The third-order valence-corrected chi connectivity index (χ3v) is 3.18. The second-order valence-electron chi connectivity index (χ2n) is 3.68. The standard InChI is InChI=1S/C12H13N5OS/c13-9-6-11(19-7-10(18)17-14)16-12(15-9)8-4-2-1-3-5-8/h1-6H,7,14H2,(H,17,18)(H2,13,15,16). The van der Waals surface area contributed by atoms with Gasteiger partial charge in [-0.2, -0.15) is 0 Å². The second-order valence-corrected chi connectivity index (χ2v) is 4.67. The van der Waals surface area contributed by atoms with Gasteiger partial charge in [0.2, 0.25) is 5.91 Å². The molecule has 0 bridgehead atoms. The SMILES string of the molecule is NNC(=O)CSc1cc(N)nc(-c2ccccc2)n1. The molecule has 5 N–H and O–H groups in total. The normalized spacial score (nSPS) is 10.2. The Morgan fingerprint density at radius 3 is 2.68 bits per heavy atom. The Kier molecular flexibility index (Phi) is 4.32. The maximum Gasteiger partial charge on any atom is 0.244 e. The van der Waals surface area contributed by atoms with Crippen LogP contribution in [0.5, 0.6) is 0 Å². The Bertz CT molecular complexity index is 576. The summed E-state index contributed by atoms with van der Waals surface area (Å²) < 4.78 is 0. The lowest BCUT2D eigenvalue weighted by molar-refractivity contribution is -0.118. The number of rotatable bonds is 4. The molecule has 0 aliphatic rings. The number of nitrogens with two attached hydrogens (primary N) is 2. The van der Waals surface area contributed by atoms with Gasteiger partial charge < -0.3 is 5.73 Å². The highest BCUT2D eigenvalue weighted by Gasteiger charge is 2.07. The first-order valence-electron chi connectivity index (χ1n) is 5.51. The van der Waals surface area contributed by atoms with E-state index < -0.39 is 0 Å². The highest BCUT2D eigenvalue weighted by Crippen LogP contribution is 2.22. The van der Waals surface area contributed by atoms with E-state index in [1.165, 1.54) is 11.8 Å². The van der Waals surface area contributed by atoms with E-state index in [-0.39, 0.29) is 11.7 Å². The van der Waals surface area contributed by atoms with Crippen LogP contribution < -0.4 is 17.0 Å². The molecule has 0 radical (unpaired) electrons. The average Bonchev–Trinajstić information content (AvgIpc) is 2.45. The molecular weight excluding hydrogens is 262 g/mol. The fourth-order valence-electron chi connectivity index (χ4n) is 1.41. The van der Waals surface area contributed by atoms with E-state index >= 15 is 0 Å². The van der Waals surface area contributed by atoms with Crippen molar-refractivity contribution in [1.29, 1.82) is 0 Å². The smallest absolute Gasteiger partial charge is 0.244 e. The summed E-state index contributed by atoms with van der Waals surface area (Å²) in [6, 6.07) is 11.1. The molecule has 19 heavy (non-hydrogen) atoms. The number of carbonyl (C=O) groups is 1. The van der Waals surface area contributed by atoms with E-state index in [0.717, 1.165) is 5.56 Å². The quantitative estimate of drug-likeness (QED) is 0.250. The maximum absolute atomic E-state index is 11.1. The summed E-state index contributed by atoms with van der Waals surface area (Å²) in [6.07, 6.45) is 0. The molecule has 98 valence electrons. The molecule has 0 fully saturated rings. The van der Waals surface area contributed by atoms with Crippen molar-refractivity contribution in [3.8, 4) is 11.4 Å². The molecule has 2 rings (SSSR count). The number of aromatic nitrogens is 2. The zero-order chi connectivity index (χ0) is 13.7. The molecule has 1 aromatic heterocycles. The summed E-state index contributed by atoms with van der Waals surface area (Å²) in [7, 11) is 0. The van der Waals surface area contributed by atoms with Crippen LogP contribution in [-0.2, 0) is 4.79 Å². The molecule has 6 nitrogen and oxygen atoms in total. The Balaban J connectivity index is 2.22. The minimum Gasteiger partial charge on any atom is -0.384 e. The van der Waals surface area contributed by atoms with E-state index in [9.17, 15) is 4.79 Å². The summed E-state index contributed by atoms with van der Waals surface area (Å²) in [5.41, 5.74) is 8.68. The number of thioether (sulfide) groups is 1. The molecule has 0 unspecified atom stereocenters. The molecule has 7 heteroatoms. The van der Waals surface area contributed by atoms with Crippen molar-refractivity contribution < 1.29 is 4.79 Å². The van der Waals surface area contributed by atoms with Crippen LogP contribution >= 0.6 is 11.8 Å². The summed E-state index contributed by atoms with van der Waals surface area (Å²) >= 11 is 1.25. The lowest BCUT2D eigenvalue weighted by Gasteiger charge is -2.05. The van der Waals surface area contributed by atoms with Gasteiger partial charge in [0.05, 0.1) is 5.75 Å².